The summed E-state index contributed by atoms with van der Waals surface area (Å²) in [5.74, 6) is -2.20. The number of carbonyl (C=O) groups excluding carboxylic acids is 1. The molecule has 1 aromatic carbocycles. The number of carboxylic acids is 1. The maximum Gasteiger partial charge on any atom is 0.311 e. The van der Waals surface area contributed by atoms with Crippen LogP contribution < -0.4 is 5.32 Å². The van der Waals surface area contributed by atoms with Crippen molar-refractivity contribution in [3.8, 4) is 0 Å². The molecule has 0 aliphatic carbocycles. The molecule has 1 aromatic rings. The maximum atomic E-state index is 11.7. The van der Waals surface area contributed by atoms with Gasteiger partial charge in [0.05, 0.1) is 19.4 Å². The van der Waals surface area contributed by atoms with Crippen molar-refractivity contribution in [1.29, 1.82) is 0 Å². The molecule has 0 fully saturated rings. The van der Waals surface area contributed by atoms with Crippen LogP contribution in [0.3, 0.4) is 0 Å². The molecule has 0 bridgehead atoms. The van der Waals surface area contributed by atoms with Crippen LogP contribution in [-0.4, -0.2) is 24.2 Å². The highest BCUT2D eigenvalue weighted by atomic mass is 16.5. The van der Waals surface area contributed by atoms with Gasteiger partial charge >= 0.3 is 11.9 Å². The van der Waals surface area contributed by atoms with Crippen molar-refractivity contribution < 1.29 is 19.4 Å². The van der Waals surface area contributed by atoms with E-state index in [1.54, 1.807) is 0 Å². The fraction of sp³-hybridized carbons (Fsp3) is 0.385. The lowest BCUT2D eigenvalue weighted by Gasteiger charge is -2.20. The number of ether oxygens (including phenoxy) is 1. The van der Waals surface area contributed by atoms with Crippen LogP contribution >= 0.6 is 0 Å². The molecule has 0 amide bonds. The summed E-state index contributed by atoms with van der Waals surface area (Å²) >= 11 is 0. The molecule has 2 N–H and O–H groups in total. The van der Waals surface area contributed by atoms with Gasteiger partial charge in [-0.2, -0.15) is 0 Å². The number of aliphatic carboxylic acids is 1. The number of carboxylic acid groups (broad SMARTS) is 1. The van der Waals surface area contributed by atoms with Crippen LogP contribution in [0.5, 0.6) is 0 Å². The summed E-state index contributed by atoms with van der Waals surface area (Å²) in [6.07, 6.45) is -0.237. The Morgan fingerprint density at radius 1 is 1.50 bits per heavy atom. The summed E-state index contributed by atoms with van der Waals surface area (Å²) in [6, 6.07) is 7.40. The Morgan fingerprint density at radius 2 is 2.22 bits per heavy atom. The predicted octanol–water partition coefficient (Wildman–Crippen LogP) is 1.09. The third-order valence-electron chi connectivity index (χ3n) is 3.20. The van der Waals surface area contributed by atoms with Gasteiger partial charge in [0, 0.05) is 12.6 Å². The van der Waals surface area contributed by atoms with Crippen molar-refractivity contribution in [2.45, 2.75) is 19.0 Å². The Bertz CT molecular complexity index is 472. The number of esters is 1. The van der Waals surface area contributed by atoms with Gasteiger partial charge in [0.25, 0.3) is 0 Å². The molecule has 1 aliphatic heterocycles. The van der Waals surface area contributed by atoms with Crippen LogP contribution in [0, 0.1) is 5.92 Å². The quantitative estimate of drug-likeness (QED) is 0.781. The van der Waals surface area contributed by atoms with E-state index in [1.807, 2.05) is 24.3 Å². The van der Waals surface area contributed by atoms with Crippen molar-refractivity contribution >= 4 is 11.9 Å². The molecular weight excluding hydrogens is 234 g/mol. The van der Waals surface area contributed by atoms with Gasteiger partial charge in [-0.15, -0.1) is 0 Å². The second kappa shape index (κ2) is 5.18. The number of methoxy groups -OCH3 is 1. The lowest BCUT2D eigenvalue weighted by Crippen LogP contribution is -2.31. The van der Waals surface area contributed by atoms with E-state index < -0.39 is 17.9 Å². The first-order valence-corrected chi connectivity index (χ1v) is 5.74. The molecule has 5 nitrogen and oxygen atoms in total. The molecule has 0 spiro atoms. The topological polar surface area (TPSA) is 75.6 Å². The highest BCUT2D eigenvalue weighted by Crippen LogP contribution is 2.33. The monoisotopic (exact) mass is 249 g/mol. The molecule has 2 atom stereocenters. The molecule has 96 valence electrons. The first-order valence-electron chi connectivity index (χ1n) is 5.74. The first-order chi connectivity index (χ1) is 8.63. The number of nitrogens with one attached hydrogen (secondary N) is 1. The number of carbonyl (C=O) groups is 2. The molecule has 5 heteroatoms. The van der Waals surface area contributed by atoms with Gasteiger partial charge in [0.15, 0.2) is 0 Å². The van der Waals surface area contributed by atoms with Crippen LogP contribution in [0.15, 0.2) is 24.3 Å². The molecule has 2 rings (SSSR count). The van der Waals surface area contributed by atoms with Crippen LogP contribution in [0.1, 0.15) is 23.6 Å². The van der Waals surface area contributed by atoms with Gasteiger partial charge in [0.1, 0.15) is 0 Å². The third kappa shape index (κ3) is 2.36. The zero-order valence-electron chi connectivity index (χ0n) is 10.1. The van der Waals surface area contributed by atoms with Gasteiger partial charge < -0.3 is 15.2 Å². The summed E-state index contributed by atoms with van der Waals surface area (Å²) in [4.78, 5) is 22.6. The van der Waals surface area contributed by atoms with Crippen molar-refractivity contribution in [3.63, 3.8) is 0 Å². The van der Waals surface area contributed by atoms with Crippen LogP contribution in [0.25, 0.3) is 0 Å². The summed E-state index contributed by atoms with van der Waals surface area (Å²) < 4.78 is 4.70. The lowest BCUT2D eigenvalue weighted by atomic mass is 9.91. The minimum Gasteiger partial charge on any atom is -0.481 e. The largest absolute Gasteiger partial charge is 0.481 e. The minimum absolute atomic E-state index is 0.237. The van der Waals surface area contributed by atoms with E-state index >= 15 is 0 Å². The summed E-state index contributed by atoms with van der Waals surface area (Å²) in [7, 11) is 1.28. The average Bonchev–Trinajstić information content (AvgIpc) is 2.78. The van der Waals surface area contributed by atoms with Gasteiger partial charge in [-0.1, -0.05) is 24.3 Å². The smallest absolute Gasteiger partial charge is 0.311 e. The number of hydrogen-bond donors (Lipinski definition) is 2. The molecule has 1 aliphatic rings. The molecule has 0 radical (unpaired) electrons. The molecule has 18 heavy (non-hydrogen) atoms. The third-order valence-corrected chi connectivity index (χ3v) is 3.20. The second-order valence-electron chi connectivity index (χ2n) is 4.28. The summed E-state index contributed by atoms with van der Waals surface area (Å²) in [5, 5.41) is 12.1. The normalized spacial score (nSPS) is 19.1. The molecule has 1 heterocycles. The Kier molecular flexibility index (Phi) is 3.62. The van der Waals surface area contributed by atoms with Gasteiger partial charge in [0.2, 0.25) is 0 Å². The minimum atomic E-state index is -1.00. The van der Waals surface area contributed by atoms with Crippen LogP contribution in [0.4, 0.5) is 0 Å². The summed E-state index contributed by atoms with van der Waals surface area (Å²) in [6.45, 7) is 0.647. The molecule has 0 aromatic heterocycles. The Hall–Kier alpha value is -1.88. The van der Waals surface area contributed by atoms with Gasteiger partial charge in [-0.25, -0.2) is 0 Å². The highest BCUT2D eigenvalue weighted by molar-refractivity contribution is 5.80. The van der Waals surface area contributed by atoms with E-state index in [0.29, 0.717) is 6.54 Å². The zero-order valence-corrected chi connectivity index (χ0v) is 10.1. The maximum absolute atomic E-state index is 11.7. The fourth-order valence-electron chi connectivity index (χ4n) is 2.36. The van der Waals surface area contributed by atoms with Crippen molar-refractivity contribution in [2.24, 2.45) is 5.92 Å². The van der Waals surface area contributed by atoms with E-state index in [2.05, 4.69) is 5.32 Å². The fourth-order valence-corrected chi connectivity index (χ4v) is 2.36. The second-order valence-corrected chi connectivity index (χ2v) is 4.28. The molecule has 2 unspecified atom stereocenters. The molecule has 0 saturated heterocycles. The number of hydrogen-bond acceptors (Lipinski definition) is 4. The van der Waals surface area contributed by atoms with Crippen LogP contribution in [-0.2, 0) is 20.9 Å². The van der Waals surface area contributed by atoms with Gasteiger partial charge in [-0.3, -0.25) is 9.59 Å². The van der Waals surface area contributed by atoms with E-state index in [-0.39, 0.29) is 12.5 Å². The van der Waals surface area contributed by atoms with E-state index in [4.69, 9.17) is 9.84 Å². The van der Waals surface area contributed by atoms with Crippen molar-refractivity contribution in [3.05, 3.63) is 35.4 Å². The zero-order chi connectivity index (χ0) is 13.1. The Balaban J connectivity index is 2.27. The number of fused-ring (bicyclic) bond motifs is 1. The SMILES string of the molecule is COC(=O)C(CC(=O)O)C1NCc2ccccc21. The lowest BCUT2D eigenvalue weighted by molar-refractivity contribution is -0.151. The van der Waals surface area contributed by atoms with Gasteiger partial charge in [-0.05, 0) is 11.1 Å². The summed E-state index contributed by atoms with van der Waals surface area (Å²) in [5.41, 5.74) is 2.08. The standard InChI is InChI=1S/C13H15NO4/c1-18-13(17)10(6-11(15)16)12-9-5-3-2-4-8(9)7-14-12/h2-5,10,12,14H,6-7H2,1H3,(H,15,16). The molecule has 0 saturated carbocycles. The molecular formula is C13H15NO4. The first kappa shape index (κ1) is 12.6. The number of rotatable bonds is 4. The van der Waals surface area contributed by atoms with E-state index in [0.717, 1.165) is 11.1 Å². The Morgan fingerprint density at radius 3 is 2.89 bits per heavy atom. The Labute approximate surface area is 105 Å². The number of benzene rings is 1. The van der Waals surface area contributed by atoms with E-state index in [1.165, 1.54) is 7.11 Å². The van der Waals surface area contributed by atoms with E-state index in [9.17, 15) is 9.59 Å². The highest BCUT2D eigenvalue weighted by Gasteiger charge is 2.36. The average molecular weight is 249 g/mol. The van der Waals surface area contributed by atoms with Crippen LogP contribution in [0.2, 0.25) is 0 Å². The van der Waals surface area contributed by atoms with Crippen molar-refractivity contribution in [2.75, 3.05) is 7.11 Å². The predicted molar refractivity (Wildman–Crippen MR) is 63.8 cm³/mol. The van der Waals surface area contributed by atoms with Crippen molar-refractivity contribution in [1.82, 2.24) is 5.32 Å².